The Morgan fingerprint density at radius 2 is 1.80 bits per heavy atom. The van der Waals surface area contributed by atoms with Crippen molar-refractivity contribution in [3.63, 3.8) is 0 Å². The van der Waals surface area contributed by atoms with Gasteiger partial charge in [-0.15, -0.1) is 12.4 Å². The van der Waals surface area contributed by atoms with Crippen LogP contribution in [0.4, 0.5) is 0 Å². The standard InChI is InChI=1S/C19H14N2O3.ClH/c1-24-19(23)16-10-14-13-4-2-3-5-15(13)20-18(14)17(21-16)11-6-8-12(22)9-7-11;/h2-10,20,22H,1H3;1H. The number of pyridine rings is 1. The number of aromatic amines is 1. The molecule has 0 bridgehead atoms. The van der Waals surface area contributed by atoms with Gasteiger partial charge in [0, 0.05) is 21.9 Å². The van der Waals surface area contributed by atoms with E-state index in [0.29, 0.717) is 5.69 Å². The quantitative estimate of drug-likeness (QED) is 0.526. The second kappa shape index (κ2) is 6.45. The molecule has 0 unspecified atom stereocenters. The maximum absolute atomic E-state index is 12.0. The molecule has 0 aliphatic rings. The summed E-state index contributed by atoms with van der Waals surface area (Å²) in [5.74, 6) is -0.307. The fourth-order valence-corrected chi connectivity index (χ4v) is 2.88. The molecular formula is C19H15ClN2O3. The van der Waals surface area contributed by atoms with Crippen molar-refractivity contribution in [2.75, 3.05) is 7.11 Å². The molecule has 0 aliphatic carbocycles. The van der Waals surface area contributed by atoms with Gasteiger partial charge in [-0.05, 0) is 36.4 Å². The van der Waals surface area contributed by atoms with Gasteiger partial charge < -0.3 is 14.8 Å². The first-order chi connectivity index (χ1) is 11.7. The van der Waals surface area contributed by atoms with Gasteiger partial charge in [0.1, 0.15) is 11.4 Å². The van der Waals surface area contributed by atoms with Gasteiger partial charge in [-0.2, -0.15) is 0 Å². The lowest BCUT2D eigenvalue weighted by Gasteiger charge is -2.06. The average molecular weight is 355 g/mol. The minimum absolute atomic E-state index is 0. The topological polar surface area (TPSA) is 75.2 Å². The Balaban J connectivity index is 0.00000182. The van der Waals surface area contributed by atoms with Crippen LogP contribution in [0, 0.1) is 0 Å². The van der Waals surface area contributed by atoms with Crippen molar-refractivity contribution in [2.45, 2.75) is 0 Å². The summed E-state index contributed by atoms with van der Waals surface area (Å²) in [7, 11) is 1.34. The highest BCUT2D eigenvalue weighted by atomic mass is 35.5. The van der Waals surface area contributed by atoms with E-state index in [9.17, 15) is 9.90 Å². The zero-order valence-corrected chi connectivity index (χ0v) is 14.1. The minimum Gasteiger partial charge on any atom is -0.508 e. The van der Waals surface area contributed by atoms with Crippen LogP contribution < -0.4 is 0 Å². The van der Waals surface area contributed by atoms with Crippen LogP contribution in [0.2, 0.25) is 0 Å². The third-order valence-electron chi connectivity index (χ3n) is 4.03. The maximum atomic E-state index is 12.0. The summed E-state index contributed by atoms with van der Waals surface area (Å²) >= 11 is 0. The number of ether oxygens (including phenoxy) is 1. The Hall–Kier alpha value is -3.05. The number of carbonyl (C=O) groups is 1. The molecule has 0 radical (unpaired) electrons. The number of esters is 1. The number of phenols is 1. The number of carbonyl (C=O) groups excluding carboxylic acids is 1. The van der Waals surface area contributed by atoms with Crippen molar-refractivity contribution in [3.8, 4) is 17.0 Å². The van der Waals surface area contributed by atoms with E-state index in [0.717, 1.165) is 27.4 Å². The largest absolute Gasteiger partial charge is 0.508 e. The number of phenolic OH excluding ortho intramolecular Hbond substituents is 1. The molecule has 0 saturated heterocycles. The molecule has 4 aromatic rings. The average Bonchev–Trinajstić information content (AvgIpc) is 2.99. The molecule has 0 saturated carbocycles. The lowest BCUT2D eigenvalue weighted by molar-refractivity contribution is 0.0594. The highest BCUT2D eigenvalue weighted by Crippen LogP contribution is 2.33. The van der Waals surface area contributed by atoms with E-state index in [2.05, 4.69) is 9.97 Å². The summed E-state index contributed by atoms with van der Waals surface area (Å²) in [5, 5.41) is 11.4. The predicted molar refractivity (Wildman–Crippen MR) is 99.3 cm³/mol. The van der Waals surface area contributed by atoms with Gasteiger partial charge in [-0.1, -0.05) is 18.2 Å². The lowest BCUT2D eigenvalue weighted by Crippen LogP contribution is -2.05. The lowest BCUT2D eigenvalue weighted by atomic mass is 10.1. The maximum Gasteiger partial charge on any atom is 0.356 e. The molecule has 0 fully saturated rings. The summed E-state index contributed by atoms with van der Waals surface area (Å²) in [6.45, 7) is 0. The number of benzene rings is 2. The van der Waals surface area contributed by atoms with Crippen LogP contribution in [-0.4, -0.2) is 28.2 Å². The predicted octanol–water partition coefficient (Wildman–Crippen LogP) is 4.30. The second-order valence-electron chi connectivity index (χ2n) is 5.49. The zero-order valence-electron chi connectivity index (χ0n) is 13.3. The number of halogens is 1. The van der Waals surface area contributed by atoms with E-state index in [1.54, 1.807) is 30.3 Å². The van der Waals surface area contributed by atoms with E-state index in [1.165, 1.54) is 7.11 Å². The Bertz CT molecular complexity index is 1070. The molecule has 25 heavy (non-hydrogen) atoms. The Kier molecular flexibility index (Phi) is 4.33. The van der Waals surface area contributed by atoms with Crippen LogP contribution >= 0.6 is 12.4 Å². The Morgan fingerprint density at radius 1 is 1.08 bits per heavy atom. The number of nitrogens with one attached hydrogen (secondary N) is 1. The van der Waals surface area contributed by atoms with Crippen molar-refractivity contribution in [1.29, 1.82) is 0 Å². The molecule has 0 atom stereocenters. The number of hydrogen-bond acceptors (Lipinski definition) is 4. The van der Waals surface area contributed by atoms with Gasteiger partial charge in [-0.25, -0.2) is 9.78 Å². The Morgan fingerprint density at radius 3 is 2.52 bits per heavy atom. The van der Waals surface area contributed by atoms with Gasteiger partial charge in [0.15, 0.2) is 0 Å². The molecule has 2 heterocycles. The Labute approximate surface area is 149 Å². The molecule has 2 aromatic carbocycles. The van der Waals surface area contributed by atoms with Crippen molar-refractivity contribution in [3.05, 3.63) is 60.3 Å². The fraction of sp³-hybridized carbons (Fsp3) is 0.0526. The van der Waals surface area contributed by atoms with E-state index in [4.69, 9.17) is 4.74 Å². The summed E-state index contributed by atoms with van der Waals surface area (Å²) in [6, 6.07) is 16.3. The van der Waals surface area contributed by atoms with Crippen LogP contribution in [0.5, 0.6) is 5.75 Å². The van der Waals surface area contributed by atoms with Gasteiger partial charge in [0.25, 0.3) is 0 Å². The van der Waals surface area contributed by atoms with Crippen molar-refractivity contribution >= 4 is 40.2 Å². The van der Waals surface area contributed by atoms with E-state index >= 15 is 0 Å². The third kappa shape index (κ3) is 2.79. The van der Waals surface area contributed by atoms with Crippen molar-refractivity contribution in [1.82, 2.24) is 9.97 Å². The smallest absolute Gasteiger partial charge is 0.356 e. The number of para-hydroxylation sites is 1. The zero-order chi connectivity index (χ0) is 16.7. The monoisotopic (exact) mass is 354 g/mol. The van der Waals surface area contributed by atoms with Crippen molar-refractivity contribution in [2.24, 2.45) is 0 Å². The van der Waals surface area contributed by atoms with Crippen LogP contribution in [0.3, 0.4) is 0 Å². The molecule has 0 aliphatic heterocycles. The van der Waals surface area contributed by atoms with Crippen molar-refractivity contribution < 1.29 is 14.6 Å². The first-order valence-electron chi connectivity index (χ1n) is 7.46. The number of rotatable bonds is 2. The summed E-state index contributed by atoms with van der Waals surface area (Å²) in [4.78, 5) is 19.9. The molecule has 6 heteroatoms. The van der Waals surface area contributed by atoms with Gasteiger partial charge in [0.05, 0.1) is 18.3 Å². The fourth-order valence-electron chi connectivity index (χ4n) is 2.88. The normalized spacial score (nSPS) is 10.6. The second-order valence-corrected chi connectivity index (χ2v) is 5.49. The third-order valence-corrected chi connectivity index (χ3v) is 4.03. The van der Waals surface area contributed by atoms with Gasteiger partial charge in [-0.3, -0.25) is 0 Å². The number of methoxy groups -OCH3 is 1. The van der Waals surface area contributed by atoms with E-state index in [1.807, 2.05) is 24.3 Å². The summed E-state index contributed by atoms with van der Waals surface area (Å²) in [6.07, 6.45) is 0. The van der Waals surface area contributed by atoms with Gasteiger partial charge >= 0.3 is 5.97 Å². The van der Waals surface area contributed by atoms with E-state index < -0.39 is 5.97 Å². The molecule has 126 valence electrons. The number of aromatic nitrogens is 2. The van der Waals surface area contributed by atoms with Crippen LogP contribution in [0.25, 0.3) is 33.1 Å². The number of fused-ring (bicyclic) bond motifs is 3. The number of hydrogen-bond donors (Lipinski definition) is 2. The number of nitrogens with zero attached hydrogens (tertiary/aromatic N) is 1. The highest BCUT2D eigenvalue weighted by Gasteiger charge is 2.17. The number of aromatic hydroxyl groups is 1. The van der Waals surface area contributed by atoms with Crippen LogP contribution in [0.15, 0.2) is 54.6 Å². The summed E-state index contributed by atoms with van der Waals surface area (Å²) in [5.41, 5.74) is 3.50. The van der Waals surface area contributed by atoms with E-state index in [-0.39, 0.29) is 23.9 Å². The SMILES string of the molecule is COC(=O)c1cc2c([nH]c3ccccc32)c(-c2ccc(O)cc2)n1.Cl. The van der Waals surface area contributed by atoms with Gasteiger partial charge in [0.2, 0.25) is 0 Å². The minimum atomic E-state index is -0.484. The molecule has 2 aromatic heterocycles. The first-order valence-corrected chi connectivity index (χ1v) is 7.46. The molecule has 2 N–H and O–H groups in total. The molecule has 5 nitrogen and oxygen atoms in total. The highest BCUT2D eigenvalue weighted by molar-refractivity contribution is 6.12. The first kappa shape index (κ1) is 16.8. The van der Waals surface area contributed by atoms with Crippen LogP contribution in [0.1, 0.15) is 10.5 Å². The number of H-pyrrole nitrogens is 1. The molecule has 4 rings (SSSR count). The summed E-state index contributed by atoms with van der Waals surface area (Å²) < 4.78 is 4.83. The molecule has 0 spiro atoms. The van der Waals surface area contributed by atoms with Crippen LogP contribution in [-0.2, 0) is 4.74 Å². The molecule has 0 amide bonds. The molecular weight excluding hydrogens is 340 g/mol.